The Morgan fingerprint density at radius 3 is 2.67 bits per heavy atom. The number of nitrogens with zero attached hydrogens (tertiary/aromatic N) is 1. The molecule has 0 aliphatic rings. The lowest BCUT2D eigenvalue weighted by atomic mass is 10.1. The molecule has 2 aromatic carbocycles. The van der Waals surface area contributed by atoms with Crippen molar-refractivity contribution in [2.45, 2.75) is 13.1 Å². The van der Waals surface area contributed by atoms with Gasteiger partial charge in [0.2, 0.25) is 0 Å². The van der Waals surface area contributed by atoms with Gasteiger partial charge in [-0.15, -0.1) is 11.3 Å². The van der Waals surface area contributed by atoms with Crippen LogP contribution in [0.2, 0.25) is 0 Å². The first-order valence-electron chi connectivity index (χ1n) is 7.94. The molecule has 1 heterocycles. The van der Waals surface area contributed by atoms with E-state index < -0.39 is 24.3 Å². The molecule has 0 bridgehead atoms. The highest BCUT2D eigenvalue weighted by Gasteiger charge is 2.34. The van der Waals surface area contributed by atoms with Crippen LogP contribution in [0.25, 0.3) is 11.3 Å². The van der Waals surface area contributed by atoms with Crippen LogP contribution in [0, 0.1) is 6.92 Å². The number of anilines is 1. The zero-order chi connectivity index (χ0) is 19.4. The minimum atomic E-state index is -4.55. The van der Waals surface area contributed by atoms with Crippen LogP contribution in [-0.2, 0) is 11.0 Å². The van der Waals surface area contributed by atoms with Crippen LogP contribution in [0.5, 0.6) is 5.75 Å². The van der Waals surface area contributed by atoms with Crippen LogP contribution >= 0.6 is 11.3 Å². The molecule has 3 aromatic rings. The molecule has 0 fully saturated rings. The quantitative estimate of drug-likeness (QED) is 0.653. The van der Waals surface area contributed by atoms with Crippen molar-refractivity contribution in [1.82, 2.24) is 4.98 Å². The van der Waals surface area contributed by atoms with Crippen LogP contribution < -0.4 is 10.1 Å². The van der Waals surface area contributed by atoms with Gasteiger partial charge in [-0.2, -0.15) is 13.2 Å². The summed E-state index contributed by atoms with van der Waals surface area (Å²) in [6.07, 6.45) is -4.55. The number of halogens is 3. The van der Waals surface area contributed by atoms with E-state index in [9.17, 15) is 18.0 Å². The Hall–Kier alpha value is -2.87. The molecule has 0 aliphatic carbocycles. The molecule has 0 radical (unpaired) electrons. The molecule has 0 atom stereocenters. The maximum atomic E-state index is 12.9. The normalized spacial score (nSPS) is 11.3. The fourth-order valence-corrected chi connectivity index (χ4v) is 3.04. The standard InChI is InChI=1S/C19H15F3N2O2S/c1-12-23-16(11-27-12)13-5-4-6-14(9-13)24-18(25)10-26-17-8-3-2-7-15(17)19(20,21)22/h2-9,11H,10H2,1H3,(H,24,25). The van der Waals surface area contributed by atoms with Crippen LogP contribution in [-0.4, -0.2) is 17.5 Å². The molecule has 8 heteroatoms. The Balaban J connectivity index is 1.66. The fraction of sp³-hybridized carbons (Fsp3) is 0.158. The average molecular weight is 392 g/mol. The molecule has 1 amide bonds. The smallest absolute Gasteiger partial charge is 0.419 e. The summed E-state index contributed by atoms with van der Waals surface area (Å²) >= 11 is 1.52. The number of aryl methyl sites for hydroxylation is 1. The van der Waals surface area contributed by atoms with E-state index in [-0.39, 0.29) is 5.75 Å². The van der Waals surface area contributed by atoms with Crippen molar-refractivity contribution >= 4 is 22.9 Å². The highest BCUT2D eigenvalue weighted by atomic mass is 32.1. The van der Waals surface area contributed by atoms with Gasteiger partial charge in [-0.3, -0.25) is 4.79 Å². The fourth-order valence-electron chi connectivity index (χ4n) is 2.42. The summed E-state index contributed by atoms with van der Waals surface area (Å²) in [5, 5.41) is 5.45. The zero-order valence-electron chi connectivity index (χ0n) is 14.2. The number of para-hydroxylation sites is 1. The lowest BCUT2D eigenvalue weighted by Gasteiger charge is -2.13. The highest BCUT2D eigenvalue weighted by Crippen LogP contribution is 2.35. The molecule has 4 nitrogen and oxygen atoms in total. The van der Waals surface area contributed by atoms with Crippen molar-refractivity contribution in [3.63, 3.8) is 0 Å². The third-order valence-corrected chi connectivity index (χ3v) is 4.39. The summed E-state index contributed by atoms with van der Waals surface area (Å²) < 4.78 is 43.9. The second kappa shape index (κ2) is 7.79. The molecule has 0 saturated heterocycles. The van der Waals surface area contributed by atoms with Gasteiger partial charge in [-0.1, -0.05) is 24.3 Å². The second-order valence-electron chi connectivity index (χ2n) is 5.66. The van der Waals surface area contributed by atoms with Gasteiger partial charge in [-0.05, 0) is 31.2 Å². The van der Waals surface area contributed by atoms with E-state index in [0.717, 1.165) is 22.3 Å². The first-order valence-corrected chi connectivity index (χ1v) is 8.82. The molecule has 1 aromatic heterocycles. The van der Waals surface area contributed by atoms with E-state index in [4.69, 9.17) is 4.74 Å². The van der Waals surface area contributed by atoms with Gasteiger partial charge in [0.25, 0.3) is 5.91 Å². The maximum Gasteiger partial charge on any atom is 0.419 e. The number of alkyl halides is 3. The second-order valence-corrected chi connectivity index (χ2v) is 6.73. The Labute approximate surface area is 157 Å². The summed E-state index contributed by atoms with van der Waals surface area (Å²) in [4.78, 5) is 16.5. The van der Waals surface area contributed by atoms with Gasteiger partial charge in [0.15, 0.2) is 6.61 Å². The zero-order valence-corrected chi connectivity index (χ0v) is 15.0. The number of carbonyl (C=O) groups is 1. The largest absolute Gasteiger partial charge is 0.483 e. The molecular weight excluding hydrogens is 377 g/mol. The molecular formula is C19H15F3N2O2S. The molecule has 27 heavy (non-hydrogen) atoms. The maximum absolute atomic E-state index is 12.9. The predicted molar refractivity (Wildman–Crippen MR) is 97.9 cm³/mol. The number of thiazole rings is 1. The molecule has 0 aliphatic heterocycles. The van der Waals surface area contributed by atoms with E-state index in [2.05, 4.69) is 10.3 Å². The first-order chi connectivity index (χ1) is 12.8. The van der Waals surface area contributed by atoms with Gasteiger partial charge < -0.3 is 10.1 Å². The topological polar surface area (TPSA) is 51.2 Å². The van der Waals surface area contributed by atoms with Crippen LogP contribution in [0.3, 0.4) is 0 Å². The summed E-state index contributed by atoms with van der Waals surface area (Å²) in [6.45, 7) is 1.36. The van der Waals surface area contributed by atoms with E-state index in [1.54, 1.807) is 18.2 Å². The summed E-state index contributed by atoms with van der Waals surface area (Å²) in [5.41, 5.74) is 1.22. The number of aromatic nitrogens is 1. The van der Waals surface area contributed by atoms with E-state index in [1.165, 1.54) is 29.5 Å². The van der Waals surface area contributed by atoms with Crippen LogP contribution in [0.15, 0.2) is 53.9 Å². The Morgan fingerprint density at radius 1 is 1.19 bits per heavy atom. The first kappa shape index (κ1) is 18.9. The number of carbonyl (C=O) groups excluding carboxylic acids is 1. The molecule has 0 spiro atoms. The van der Waals surface area contributed by atoms with E-state index in [1.807, 2.05) is 18.4 Å². The van der Waals surface area contributed by atoms with Crippen molar-refractivity contribution < 1.29 is 22.7 Å². The number of benzene rings is 2. The van der Waals surface area contributed by atoms with Crippen LogP contribution in [0.1, 0.15) is 10.6 Å². The van der Waals surface area contributed by atoms with Crippen molar-refractivity contribution in [3.8, 4) is 17.0 Å². The summed E-state index contributed by atoms with van der Waals surface area (Å²) in [5.74, 6) is -0.939. The van der Waals surface area contributed by atoms with Gasteiger partial charge >= 0.3 is 6.18 Å². The number of amides is 1. The number of nitrogens with one attached hydrogen (secondary N) is 1. The van der Waals surface area contributed by atoms with Crippen molar-refractivity contribution in [3.05, 3.63) is 64.5 Å². The van der Waals surface area contributed by atoms with Crippen molar-refractivity contribution in [1.29, 1.82) is 0 Å². The lowest BCUT2D eigenvalue weighted by Crippen LogP contribution is -2.21. The predicted octanol–water partition coefficient (Wildman–Crippen LogP) is 5.15. The van der Waals surface area contributed by atoms with Gasteiger partial charge in [-0.25, -0.2) is 4.98 Å². The molecule has 3 rings (SSSR count). The van der Waals surface area contributed by atoms with Crippen molar-refractivity contribution in [2.24, 2.45) is 0 Å². The average Bonchev–Trinajstić information content (AvgIpc) is 3.06. The SMILES string of the molecule is Cc1nc(-c2cccc(NC(=O)COc3ccccc3C(F)(F)F)c2)cs1. The number of hydrogen-bond acceptors (Lipinski definition) is 4. The monoisotopic (exact) mass is 392 g/mol. The Kier molecular flexibility index (Phi) is 5.46. The van der Waals surface area contributed by atoms with E-state index in [0.29, 0.717) is 5.69 Å². The van der Waals surface area contributed by atoms with E-state index >= 15 is 0 Å². The lowest BCUT2D eigenvalue weighted by molar-refractivity contribution is -0.139. The highest BCUT2D eigenvalue weighted by molar-refractivity contribution is 7.09. The third-order valence-electron chi connectivity index (χ3n) is 3.61. The molecule has 0 saturated carbocycles. The number of hydrogen-bond donors (Lipinski definition) is 1. The number of rotatable bonds is 5. The minimum Gasteiger partial charge on any atom is -0.483 e. The molecule has 140 valence electrons. The number of ether oxygens (including phenoxy) is 1. The van der Waals surface area contributed by atoms with Gasteiger partial charge in [0.05, 0.1) is 16.3 Å². The van der Waals surface area contributed by atoms with Crippen molar-refractivity contribution in [2.75, 3.05) is 11.9 Å². The minimum absolute atomic E-state index is 0.383. The van der Waals surface area contributed by atoms with Gasteiger partial charge in [0.1, 0.15) is 5.75 Å². The summed E-state index contributed by atoms with van der Waals surface area (Å²) in [7, 11) is 0. The molecule has 0 unspecified atom stereocenters. The third kappa shape index (κ3) is 4.85. The Morgan fingerprint density at radius 2 is 1.96 bits per heavy atom. The Bertz CT molecular complexity index is 954. The molecule has 1 N–H and O–H groups in total. The summed E-state index contributed by atoms with van der Waals surface area (Å²) in [6, 6.07) is 11.8. The van der Waals surface area contributed by atoms with Gasteiger partial charge in [0, 0.05) is 16.6 Å². The van der Waals surface area contributed by atoms with Crippen LogP contribution in [0.4, 0.5) is 18.9 Å².